The molecule has 26 heavy (non-hydrogen) atoms. The van der Waals surface area contributed by atoms with E-state index in [2.05, 4.69) is 20.0 Å². The third-order valence-corrected chi connectivity index (χ3v) is 1.98. The van der Waals surface area contributed by atoms with Crippen molar-refractivity contribution in [2.24, 2.45) is 0 Å². The topological polar surface area (TPSA) is 95.2 Å². The maximum atomic E-state index is 11.2. The van der Waals surface area contributed by atoms with Gasteiger partial charge in [-0.15, -0.1) is 0 Å². The number of carbonyl (C=O) groups is 1. The van der Waals surface area contributed by atoms with Crippen molar-refractivity contribution in [2.75, 3.05) is 13.7 Å². The van der Waals surface area contributed by atoms with Gasteiger partial charge in [-0.25, -0.2) is 0 Å². The molecule has 1 aliphatic carbocycles. The number of rotatable bonds is 4. The minimum Gasteiger partial charge on any atom is 2.00 e. The molecule has 1 saturated carbocycles. The molecule has 0 aromatic carbocycles. The summed E-state index contributed by atoms with van der Waals surface area (Å²) in [5.41, 5.74) is 0. The van der Waals surface area contributed by atoms with Gasteiger partial charge in [-0.3, -0.25) is 4.79 Å². The van der Waals surface area contributed by atoms with E-state index in [-0.39, 0.29) is 23.0 Å². The van der Waals surface area contributed by atoms with E-state index < -0.39 is 7.25 Å². The summed E-state index contributed by atoms with van der Waals surface area (Å²) in [6, 6.07) is 0. The summed E-state index contributed by atoms with van der Waals surface area (Å²) in [6.07, 6.45) is 7.64. The predicted molar refractivity (Wildman–Crippen MR) is 74.2 cm³/mol. The van der Waals surface area contributed by atoms with E-state index in [9.17, 15) is 22.1 Å². The molecule has 0 aliphatic heterocycles. The van der Waals surface area contributed by atoms with Crippen molar-refractivity contribution in [1.29, 1.82) is 0 Å². The number of esters is 1. The fourth-order valence-electron chi connectivity index (χ4n) is 1.34. The standard InChI is InChI=1S/C11H15O3.3CO.BF4.Fe/c1-3-14-11(12)8-9-6-4-5-7-10(9)13-2;3*1-2;2-1(3,4)5;/h4-5,7H,3,6,8H2,1-2H3;;;;;/q;;;;-1;+2. The normalized spacial score (nSPS) is 13.1. The van der Waals surface area contributed by atoms with Crippen LogP contribution in [0.15, 0.2) is 0 Å². The van der Waals surface area contributed by atoms with Crippen LogP contribution in [0.3, 0.4) is 0 Å². The quantitative estimate of drug-likeness (QED) is 0.229. The Morgan fingerprint density at radius 2 is 1.58 bits per heavy atom. The van der Waals surface area contributed by atoms with Crippen molar-refractivity contribution in [1.82, 2.24) is 0 Å². The van der Waals surface area contributed by atoms with Gasteiger partial charge in [-0.1, -0.05) is 0 Å². The molecular weight excluding hydrogens is 407 g/mol. The number of carbonyl (C=O) groups excluding carboxylic acids is 1. The number of hydrogen-bond donors (Lipinski definition) is 0. The molecule has 0 aromatic heterocycles. The van der Waals surface area contributed by atoms with Crippen LogP contribution in [0.2, 0.25) is 0 Å². The van der Waals surface area contributed by atoms with Gasteiger partial charge in [-0.05, 0) is 26.2 Å². The van der Waals surface area contributed by atoms with Crippen LogP contribution in [0.1, 0.15) is 19.8 Å². The Balaban J connectivity index is -0.000000104. The van der Waals surface area contributed by atoms with Crippen LogP contribution in [-0.4, -0.2) is 26.9 Å². The van der Waals surface area contributed by atoms with E-state index in [4.69, 9.17) is 23.4 Å². The summed E-state index contributed by atoms with van der Waals surface area (Å²) in [5, 5.41) is 0. The van der Waals surface area contributed by atoms with Crippen molar-refractivity contribution in [3.8, 4) is 0 Å². The Hall–Kier alpha value is -1.05. The van der Waals surface area contributed by atoms with Gasteiger partial charge >= 0.3 is 64.2 Å². The zero-order chi connectivity index (χ0) is 20.9. The molecule has 0 atom stereocenters. The minimum absolute atomic E-state index is 0. The second-order valence-electron chi connectivity index (χ2n) is 3.45. The number of halogens is 4. The van der Waals surface area contributed by atoms with Gasteiger partial charge in [0.1, 0.15) is 6.10 Å². The Morgan fingerprint density at radius 3 is 1.92 bits per heavy atom. The minimum atomic E-state index is -6.00. The first-order valence-electron chi connectivity index (χ1n) is 6.18. The van der Waals surface area contributed by atoms with Crippen LogP contribution < -0.4 is 0 Å². The summed E-state index contributed by atoms with van der Waals surface area (Å²) >= 11 is 0. The summed E-state index contributed by atoms with van der Waals surface area (Å²) in [7, 11) is -4.39. The largest absolute Gasteiger partial charge is 2.00 e. The third kappa shape index (κ3) is 30.8. The van der Waals surface area contributed by atoms with Gasteiger partial charge in [0, 0.05) is 19.4 Å². The summed E-state index contributed by atoms with van der Waals surface area (Å²) in [4.78, 5) is 11.2. The maximum Gasteiger partial charge on any atom is 2.00 e. The first-order chi connectivity index (χ1) is 11.8. The SMILES string of the molecule is CCOC(=O)C[C]1C[CH][CH][CH][C]1OC.F[B-](F)(F)F.[C-]#[O+].[C-]#[O+].[C-]#[O+].[Fe+2]. The van der Waals surface area contributed by atoms with Gasteiger partial charge in [0.2, 0.25) is 0 Å². The zero-order valence-electron chi connectivity index (χ0n) is 13.7. The van der Waals surface area contributed by atoms with Crippen LogP contribution in [0.5, 0.6) is 0 Å². The molecule has 0 N–H and O–H groups in total. The molecule has 0 aromatic rings. The van der Waals surface area contributed by atoms with Crippen LogP contribution in [-0.2, 0) is 45.3 Å². The summed E-state index contributed by atoms with van der Waals surface area (Å²) < 4.78 is 71.5. The molecule has 0 saturated heterocycles. The van der Waals surface area contributed by atoms with E-state index in [0.717, 1.165) is 18.4 Å². The Kier molecular flexibility index (Phi) is 36.2. The van der Waals surface area contributed by atoms with Crippen LogP contribution in [0.4, 0.5) is 17.3 Å². The smallest absolute Gasteiger partial charge is 2.00 e. The van der Waals surface area contributed by atoms with Crippen molar-refractivity contribution >= 4 is 13.2 Å². The molecule has 145 valence electrons. The number of ether oxygens (including phenoxy) is 2. The molecule has 12 heteroatoms. The van der Waals surface area contributed by atoms with E-state index in [1.807, 2.05) is 19.3 Å². The molecule has 0 unspecified atom stereocenters. The second-order valence-corrected chi connectivity index (χ2v) is 3.45. The average Bonchev–Trinajstić information content (AvgIpc) is 2.59. The summed E-state index contributed by atoms with van der Waals surface area (Å²) in [6.45, 7) is 15.7. The van der Waals surface area contributed by atoms with Crippen molar-refractivity contribution in [3.63, 3.8) is 0 Å². The maximum absolute atomic E-state index is 11.2. The van der Waals surface area contributed by atoms with E-state index >= 15 is 0 Å². The van der Waals surface area contributed by atoms with E-state index in [1.165, 1.54) is 0 Å². The molecule has 1 fully saturated rings. The van der Waals surface area contributed by atoms with Crippen molar-refractivity contribution < 1.29 is 62.6 Å². The molecular formula is C14H15BF4FeO6+. The molecule has 1 rings (SSSR count). The number of hydrogen-bond acceptors (Lipinski definition) is 3. The van der Waals surface area contributed by atoms with E-state index in [1.54, 1.807) is 14.0 Å². The number of methoxy groups -OCH3 is 1. The van der Waals surface area contributed by atoms with Gasteiger partial charge in [0.05, 0.1) is 13.0 Å². The second kappa shape index (κ2) is 26.2. The molecule has 0 bridgehead atoms. The van der Waals surface area contributed by atoms with Crippen LogP contribution in [0.25, 0.3) is 0 Å². The Bertz CT molecular complexity index is 356. The Labute approximate surface area is 161 Å². The van der Waals surface area contributed by atoms with Gasteiger partial charge in [-0.2, -0.15) is 0 Å². The van der Waals surface area contributed by atoms with Crippen molar-refractivity contribution in [2.45, 2.75) is 19.8 Å². The van der Waals surface area contributed by atoms with E-state index in [0.29, 0.717) is 13.0 Å². The molecule has 6 nitrogen and oxygen atoms in total. The average molecular weight is 422 g/mol. The summed E-state index contributed by atoms with van der Waals surface area (Å²) in [5.74, 6) is 0.786. The van der Waals surface area contributed by atoms with Gasteiger partial charge in [0.25, 0.3) is 0 Å². The third-order valence-electron chi connectivity index (χ3n) is 1.98. The molecule has 0 amide bonds. The van der Waals surface area contributed by atoms with Crippen LogP contribution >= 0.6 is 0 Å². The molecule has 1 aliphatic rings. The first-order valence-corrected chi connectivity index (χ1v) is 6.18. The molecule has 0 heterocycles. The predicted octanol–water partition coefficient (Wildman–Crippen LogP) is 2.89. The Morgan fingerprint density at radius 1 is 1.15 bits per heavy atom. The van der Waals surface area contributed by atoms with Crippen molar-refractivity contribution in [3.05, 3.63) is 51.2 Å². The molecule has 0 spiro atoms. The zero-order valence-corrected chi connectivity index (χ0v) is 14.8. The monoisotopic (exact) mass is 422 g/mol. The fourth-order valence-corrected chi connectivity index (χ4v) is 1.34. The van der Waals surface area contributed by atoms with Crippen LogP contribution in [0, 0.1) is 51.2 Å². The fraction of sp³-hybridized carbons (Fsp3) is 0.357. The molecule has 5 radical (unpaired) electrons. The van der Waals surface area contributed by atoms with Gasteiger partial charge < -0.3 is 26.7 Å². The first kappa shape index (κ1) is 36.0. The van der Waals surface area contributed by atoms with Gasteiger partial charge in [0.15, 0.2) is 0 Å².